The first kappa shape index (κ1) is 26.4. The molecule has 36 heavy (non-hydrogen) atoms. The number of benzene rings is 1. The molecule has 2 unspecified atom stereocenters. The topological polar surface area (TPSA) is 138 Å². The number of cyclic esters (lactones) is 1. The molecular weight excluding hydrogens is 503 g/mol. The molecule has 5 atom stereocenters. The zero-order valence-corrected chi connectivity index (χ0v) is 20.2. The predicted molar refractivity (Wildman–Crippen MR) is 120 cm³/mol. The lowest BCUT2D eigenvalue weighted by atomic mass is 10.1. The van der Waals surface area contributed by atoms with E-state index in [2.05, 4.69) is 10.1 Å². The van der Waals surface area contributed by atoms with E-state index in [0.717, 1.165) is 6.20 Å². The molecule has 14 heteroatoms. The van der Waals surface area contributed by atoms with Gasteiger partial charge in [-0.25, -0.2) is 9.36 Å². The lowest BCUT2D eigenvalue weighted by Crippen LogP contribution is -2.42. The third-order valence-corrected chi connectivity index (χ3v) is 7.28. The number of alkyl halides is 2. The van der Waals surface area contributed by atoms with Crippen molar-refractivity contribution in [2.45, 2.75) is 56.6 Å². The summed E-state index contributed by atoms with van der Waals surface area (Å²) in [5, 5.41) is 12.8. The molecule has 2 saturated heterocycles. The predicted octanol–water partition coefficient (Wildman–Crippen LogP) is 2.33. The molecule has 2 N–H and O–H groups in total. The van der Waals surface area contributed by atoms with Crippen LogP contribution in [-0.2, 0) is 23.4 Å². The van der Waals surface area contributed by atoms with Crippen molar-refractivity contribution in [2.75, 3.05) is 13.2 Å². The number of carbonyl (C=O) groups is 1. The highest BCUT2D eigenvalue weighted by molar-refractivity contribution is 7.52. The first-order chi connectivity index (χ1) is 17.1. The molecule has 11 nitrogen and oxygen atoms in total. The number of nitrogens with zero attached hydrogens (tertiary/aromatic N) is 2. The fraction of sp³-hybridized carbons (Fsp3) is 0.500. The van der Waals surface area contributed by atoms with Gasteiger partial charge in [0.1, 0.15) is 17.9 Å². The minimum Gasteiger partial charge on any atom is -0.465 e. The van der Waals surface area contributed by atoms with Crippen LogP contribution < -0.4 is 15.3 Å². The smallest absolute Gasteiger partial charge is 0.459 e. The van der Waals surface area contributed by atoms with Gasteiger partial charge in [-0.05, 0) is 44.4 Å². The summed E-state index contributed by atoms with van der Waals surface area (Å²) in [5.41, 5.74) is -0.667. The molecule has 4 rings (SSSR count). The van der Waals surface area contributed by atoms with Crippen molar-refractivity contribution in [3.05, 3.63) is 58.8 Å². The van der Waals surface area contributed by atoms with Crippen molar-refractivity contribution >= 4 is 13.7 Å². The van der Waals surface area contributed by atoms with E-state index in [9.17, 15) is 28.0 Å². The fourth-order valence-electron chi connectivity index (χ4n) is 3.81. The normalized spacial score (nSPS) is 27.6. The Morgan fingerprint density at radius 2 is 2.00 bits per heavy atom. The monoisotopic (exact) mass is 529 g/mol. The Hall–Kier alpha value is -2.70. The van der Waals surface area contributed by atoms with E-state index >= 15 is 0 Å². The largest absolute Gasteiger partial charge is 0.465 e. The van der Waals surface area contributed by atoms with Crippen LogP contribution >= 0.6 is 7.75 Å². The van der Waals surface area contributed by atoms with Crippen LogP contribution in [0, 0.1) is 6.92 Å². The van der Waals surface area contributed by atoms with Crippen molar-refractivity contribution in [3.63, 3.8) is 0 Å². The van der Waals surface area contributed by atoms with Gasteiger partial charge >= 0.3 is 25.3 Å². The maximum Gasteiger partial charge on any atom is 0.459 e. The Morgan fingerprint density at radius 1 is 1.25 bits per heavy atom. The van der Waals surface area contributed by atoms with Crippen molar-refractivity contribution < 1.29 is 41.8 Å². The molecule has 0 aliphatic carbocycles. The zero-order chi connectivity index (χ0) is 25.9. The van der Waals surface area contributed by atoms with Crippen LogP contribution in [0.15, 0.2) is 47.4 Å². The molecule has 0 radical (unpaired) electrons. The molecule has 2 aromatic rings. The number of aromatic nitrogens is 2. The van der Waals surface area contributed by atoms with Gasteiger partial charge in [-0.2, -0.15) is 18.9 Å². The van der Waals surface area contributed by atoms with E-state index in [1.807, 2.05) is 0 Å². The molecule has 0 bridgehead atoms. The maximum atomic E-state index is 14.9. The number of aliphatic hydroxyl groups is 1. The molecule has 3 heterocycles. The molecule has 0 amide bonds. The second kappa shape index (κ2) is 10.7. The Morgan fingerprint density at radius 3 is 2.72 bits per heavy atom. The second-order valence-corrected chi connectivity index (χ2v) is 10.1. The van der Waals surface area contributed by atoms with Crippen LogP contribution in [-0.4, -0.2) is 58.0 Å². The molecule has 0 saturated carbocycles. The highest BCUT2D eigenvalue weighted by atomic mass is 31.2. The molecule has 196 valence electrons. The summed E-state index contributed by atoms with van der Waals surface area (Å²) in [4.78, 5) is 28.0. The third-order valence-electron chi connectivity index (χ3n) is 5.71. The quantitative estimate of drug-likeness (QED) is 0.387. The van der Waals surface area contributed by atoms with Crippen LogP contribution in [0.2, 0.25) is 0 Å². The van der Waals surface area contributed by atoms with Crippen LogP contribution in [0.4, 0.5) is 8.78 Å². The Balaban J connectivity index is 1.53. The van der Waals surface area contributed by atoms with Gasteiger partial charge in [0.25, 0.3) is 0 Å². The first-order valence-electron chi connectivity index (χ1n) is 11.3. The Labute approximate surface area is 204 Å². The van der Waals surface area contributed by atoms with E-state index < -0.39 is 56.4 Å². The molecule has 2 fully saturated rings. The van der Waals surface area contributed by atoms with Gasteiger partial charge < -0.3 is 19.1 Å². The number of halogens is 2. The standard InChI is InChI=1S/C22H26F2N3O8P/c1-14-10-11-27(21(30)25-14)20-22(23,24)18(28)17(34-20)13-33-36(31,35-15-7-3-2-4-8-15)26-16-9-5-6-12-32-19(16)29/h2-4,7-8,10-11,16-18,20,28H,5-6,9,12-13H2,1H3,(H,26,31)/t16?,17-,18-,20-,36?/m1/s1. The van der Waals surface area contributed by atoms with E-state index in [4.69, 9.17) is 18.5 Å². The number of esters is 1. The van der Waals surface area contributed by atoms with Crippen molar-refractivity contribution in [1.82, 2.24) is 14.6 Å². The summed E-state index contributed by atoms with van der Waals surface area (Å²) in [6.45, 7) is 0.930. The summed E-state index contributed by atoms with van der Waals surface area (Å²) in [6.07, 6.45) is -3.65. The molecular formula is C22H26F2N3O8P. The number of aliphatic hydroxyl groups excluding tert-OH is 1. The minimum atomic E-state index is -4.36. The van der Waals surface area contributed by atoms with Crippen molar-refractivity contribution in [2.24, 2.45) is 0 Å². The molecule has 1 aromatic carbocycles. The summed E-state index contributed by atoms with van der Waals surface area (Å²) < 4.78 is 65.2. The van der Waals surface area contributed by atoms with E-state index in [1.54, 1.807) is 18.2 Å². The SMILES string of the molecule is Cc1ccn([C@@H]2O[C@H](COP(=O)(NC3CCCCOC3=O)Oc3ccccc3)[C@@H](O)C2(F)F)c(=O)n1. The van der Waals surface area contributed by atoms with E-state index in [1.165, 1.54) is 25.1 Å². The number of hydrogen-bond donors (Lipinski definition) is 2. The van der Waals surface area contributed by atoms with Crippen LogP contribution in [0.5, 0.6) is 5.75 Å². The van der Waals surface area contributed by atoms with Gasteiger partial charge in [-0.1, -0.05) is 18.2 Å². The maximum absolute atomic E-state index is 14.9. The Bertz CT molecular complexity index is 1180. The molecule has 0 spiro atoms. The molecule has 2 aliphatic rings. The Kier molecular flexibility index (Phi) is 7.86. The van der Waals surface area contributed by atoms with Gasteiger partial charge in [-0.15, -0.1) is 0 Å². The lowest BCUT2D eigenvalue weighted by molar-refractivity contribution is -0.144. The number of hydrogen-bond acceptors (Lipinski definition) is 9. The molecule has 1 aromatic heterocycles. The van der Waals surface area contributed by atoms with Gasteiger partial charge in [0.15, 0.2) is 6.10 Å². The van der Waals surface area contributed by atoms with Crippen LogP contribution in [0.1, 0.15) is 31.2 Å². The minimum absolute atomic E-state index is 0.128. The number of carbonyl (C=O) groups excluding carboxylic acids is 1. The number of nitrogens with one attached hydrogen (secondary N) is 1. The molecule has 2 aliphatic heterocycles. The number of para-hydroxylation sites is 1. The van der Waals surface area contributed by atoms with Gasteiger partial charge in [0, 0.05) is 11.9 Å². The van der Waals surface area contributed by atoms with Crippen LogP contribution in [0.3, 0.4) is 0 Å². The average Bonchev–Trinajstić information content (AvgIpc) is 2.94. The van der Waals surface area contributed by atoms with Crippen LogP contribution in [0.25, 0.3) is 0 Å². The first-order valence-corrected chi connectivity index (χ1v) is 12.8. The van der Waals surface area contributed by atoms with Crippen molar-refractivity contribution in [1.29, 1.82) is 0 Å². The number of aryl methyl sites for hydroxylation is 1. The summed E-state index contributed by atoms with van der Waals surface area (Å²) >= 11 is 0. The van der Waals surface area contributed by atoms with E-state index in [0.29, 0.717) is 23.1 Å². The number of rotatable bonds is 8. The number of ether oxygens (including phenoxy) is 2. The highest BCUT2D eigenvalue weighted by Crippen LogP contribution is 2.48. The fourth-order valence-corrected chi connectivity index (χ4v) is 5.35. The summed E-state index contributed by atoms with van der Waals surface area (Å²) in [7, 11) is -4.36. The van der Waals surface area contributed by atoms with E-state index in [-0.39, 0.29) is 18.8 Å². The lowest BCUT2D eigenvalue weighted by Gasteiger charge is -2.25. The summed E-state index contributed by atoms with van der Waals surface area (Å²) in [5.74, 6) is -4.41. The summed E-state index contributed by atoms with van der Waals surface area (Å²) in [6, 6.07) is 8.22. The second-order valence-electron chi connectivity index (χ2n) is 8.45. The third kappa shape index (κ3) is 5.81. The zero-order valence-electron chi connectivity index (χ0n) is 19.3. The van der Waals surface area contributed by atoms with Gasteiger partial charge in [0.2, 0.25) is 6.23 Å². The highest BCUT2D eigenvalue weighted by Gasteiger charge is 2.60. The van der Waals surface area contributed by atoms with Gasteiger partial charge in [-0.3, -0.25) is 13.9 Å². The van der Waals surface area contributed by atoms with Crippen molar-refractivity contribution in [3.8, 4) is 5.75 Å². The average molecular weight is 529 g/mol. The van der Waals surface area contributed by atoms with Gasteiger partial charge in [0.05, 0.1) is 13.2 Å².